The van der Waals surface area contributed by atoms with E-state index in [1.165, 1.54) is 12.1 Å². The first-order valence-corrected chi connectivity index (χ1v) is 14.6. The minimum Gasteiger partial charge on any atom is -0.489 e. The highest BCUT2D eigenvalue weighted by molar-refractivity contribution is 7.91. The molecule has 0 spiro atoms. The van der Waals surface area contributed by atoms with Crippen molar-refractivity contribution in [1.29, 1.82) is 0 Å². The van der Waals surface area contributed by atoms with Crippen molar-refractivity contribution in [1.82, 2.24) is 10.6 Å². The number of hydrogen-bond acceptors (Lipinski definition) is 6. The lowest BCUT2D eigenvalue weighted by molar-refractivity contribution is -0.177. The third-order valence-corrected chi connectivity index (χ3v) is 9.39. The predicted octanol–water partition coefficient (Wildman–Crippen LogP) is 5.08. The molecule has 0 radical (unpaired) electrons. The van der Waals surface area contributed by atoms with Crippen molar-refractivity contribution in [3.8, 4) is 5.75 Å². The number of amides is 2. The molecule has 218 valence electrons. The average molecular weight is 575 g/mol. The second kappa shape index (κ2) is 11.4. The lowest BCUT2D eigenvalue weighted by Gasteiger charge is -2.53. The summed E-state index contributed by atoms with van der Waals surface area (Å²) in [5.74, 6) is -1.57. The molecule has 0 saturated heterocycles. The molecule has 0 atom stereocenters. The van der Waals surface area contributed by atoms with Crippen LogP contribution in [-0.4, -0.2) is 56.6 Å². The number of allylic oxidation sites excluding steroid dienone is 1. The second-order valence-corrected chi connectivity index (χ2v) is 13.5. The average Bonchev–Trinajstić information content (AvgIpc) is 2.83. The van der Waals surface area contributed by atoms with E-state index < -0.39 is 44.6 Å². The van der Waals surface area contributed by atoms with Crippen LogP contribution in [0.15, 0.2) is 40.8 Å². The Balaban J connectivity index is 1.53. The fourth-order valence-corrected chi connectivity index (χ4v) is 7.08. The number of carbonyl (C=O) groups is 2. The third-order valence-electron chi connectivity index (χ3n) is 7.41. The van der Waals surface area contributed by atoms with Crippen molar-refractivity contribution in [3.63, 3.8) is 0 Å². The van der Waals surface area contributed by atoms with E-state index in [1.807, 2.05) is 13.0 Å². The largest absolute Gasteiger partial charge is 0.489 e. The lowest BCUT2D eigenvalue weighted by Crippen LogP contribution is -2.59. The molecule has 2 N–H and O–H groups in total. The molecule has 0 aromatic heterocycles. The molecule has 3 aliphatic carbocycles. The van der Waals surface area contributed by atoms with E-state index >= 15 is 0 Å². The molecule has 12 heteroatoms. The Kier molecular flexibility index (Phi) is 8.98. The van der Waals surface area contributed by atoms with Crippen LogP contribution in [0.1, 0.15) is 66.2 Å². The summed E-state index contributed by atoms with van der Waals surface area (Å²) in [5, 5.41) is 4.83. The van der Waals surface area contributed by atoms with Crippen LogP contribution >= 0.6 is 0 Å². The molecule has 0 heterocycles. The number of alkyl halides is 3. The van der Waals surface area contributed by atoms with Gasteiger partial charge in [0.1, 0.15) is 18.0 Å². The van der Waals surface area contributed by atoms with Gasteiger partial charge in [-0.15, -0.1) is 0 Å². The van der Waals surface area contributed by atoms with Gasteiger partial charge in [-0.3, -0.25) is 4.79 Å². The molecule has 0 unspecified atom stereocenters. The number of benzene rings is 1. The molecule has 3 aliphatic rings. The second-order valence-electron chi connectivity index (χ2n) is 11.6. The summed E-state index contributed by atoms with van der Waals surface area (Å²) < 4.78 is 75.6. The Morgan fingerprint density at radius 2 is 1.56 bits per heavy atom. The summed E-state index contributed by atoms with van der Waals surface area (Å²) in [6.45, 7) is 7.56. The van der Waals surface area contributed by atoms with Gasteiger partial charge in [0.05, 0.1) is 10.6 Å². The van der Waals surface area contributed by atoms with Gasteiger partial charge in [-0.05, 0) is 101 Å². The molecular weight excluding hydrogens is 537 g/mol. The fraction of sp³-hybridized carbons (Fsp3) is 0.630. The zero-order valence-corrected chi connectivity index (χ0v) is 23.6. The fourth-order valence-electron chi connectivity index (χ4n) is 5.12. The number of halogens is 3. The topological polar surface area (TPSA) is 111 Å². The standard InChI is InChI=1S/C27H37F3N2O6S/c1-5-19(16-31-23(34)38-24(2,3)4)17-37-20-6-8-21(9-7-20)39(35,36)18-25-10-13-26(14-11-25,15-12-25)32-22(33)27(28,29)30/h5-9H,10-18H2,1-4H3,(H,31,34)(H,32,33)/b19-5+. The Morgan fingerprint density at radius 3 is 2.05 bits per heavy atom. The summed E-state index contributed by atoms with van der Waals surface area (Å²) in [6.07, 6.45) is -1.37. The van der Waals surface area contributed by atoms with E-state index in [1.54, 1.807) is 32.9 Å². The van der Waals surface area contributed by atoms with Crippen LogP contribution in [0.25, 0.3) is 0 Å². The first kappa shape index (κ1) is 30.8. The number of alkyl carbamates (subject to hydrolysis) is 1. The van der Waals surface area contributed by atoms with Gasteiger partial charge in [0.25, 0.3) is 0 Å². The number of ether oxygens (including phenoxy) is 2. The first-order chi connectivity index (χ1) is 18.0. The van der Waals surface area contributed by atoms with Crippen LogP contribution in [0, 0.1) is 5.41 Å². The summed E-state index contributed by atoms with van der Waals surface area (Å²) in [4.78, 5) is 23.5. The van der Waals surface area contributed by atoms with E-state index in [2.05, 4.69) is 10.6 Å². The summed E-state index contributed by atoms with van der Waals surface area (Å²) in [7, 11) is -3.65. The number of rotatable bonds is 9. The zero-order valence-electron chi connectivity index (χ0n) is 22.7. The molecule has 2 bridgehead atoms. The number of sulfone groups is 1. The summed E-state index contributed by atoms with van der Waals surface area (Å²) in [5.41, 5.74) is -1.23. The van der Waals surface area contributed by atoms with E-state index in [-0.39, 0.29) is 23.8 Å². The molecular formula is C27H37F3N2O6S. The van der Waals surface area contributed by atoms with Crippen molar-refractivity contribution >= 4 is 21.8 Å². The quantitative estimate of drug-likeness (QED) is 0.398. The molecule has 1 aromatic carbocycles. The molecule has 4 rings (SSSR count). The van der Waals surface area contributed by atoms with E-state index in [0.717, 1.165) is 5.57 Å². The van der Waals surface area contributed by atoms with Gasteiger partial charge >= 0.3 is 18.2 Å². The van der Waals surface area contributed by atoms with Crippen molar-refractivity contribution < 1.29 is 40.7 Å². The van der Waals surface area contributed by atoms with Crippen molar-refractivity contribution in [3.05, 3.63) is 35.9 Å². The van der Waals surface area contributed by atoms with Crippen molar-refractivity contribution in [2.45, 2.75) is 88.4 Å². The third kappa shape index (κ3) is 8.36. The number of fused-ring (bicyclic) bond motifs is 3. The van der Waals surface area contributed by atoms with Crippen molar-refractivity contribution in [2.75, 3.05) is 18.9 Å². The van der Waals surface area contributed by atoms with Crippen LogP contribution in [0.2, 0.25) is 0 Å². The minimum absolute atomic E-state index is 0.0947. The van der Waals surface area contributed by atoms with Crippen LogP contribution < -0.4 is 15.4 Å². The maximum absolute atomic E-state index is 13.2. The van der Waals surface area contributed by atoms with Crippen LogP contribution in [0.4, 0.5) is 18.0 Å². The predicted molar refractivity (Wildman–Crippen MR) is 139 cm³/mol. The molecule has 8 nitrogen and oxygen atoms in total. The van der Waals surface area contributed by atoms with Crippen LogP contribution in [-0.2, 0) is 19.4 Å². The monoisotopic (exact) mass is 574 g/mol. The molecule has 1 aromatic rings. The van der Waals surface area contributed by atoms with E-state index in [4.69, 9.17) is 9.47 Å². The molecule has 3 fully saturated rings. The number of nitrogens with one attached hydrogen (secondary N) is 2. The van der Waals surface area contributed by atoms with Gasteiger partial charge in [0, 0.05) is 12.1 Å². The van der Waals surface area contributed by atoms with Gasteiger partial charge in [-0.1, -0.05) is 6.08 Å². The minimum atomic E-state index is -4.94. The molecule has 3 saturated carbocycles. The normalized spacial score (nSPS) is 23.7. The molecule has 0 aliphatic heterocycles. The van der Waals surface area contributed by atoms with Gasteiger partial charge < -0.3 is 20.1 Å². The highest BCUT2D eigenvalue weighted by Crippen LogP contribution is 2.53. The van der Waals surface area contributed by atoms with Gasteiger partial charge in [0.15, 0.2) is 9.84 Å². The highest BCUT2D eigenvalue weighted by Gasteiger charge is 2.53. The van der Waals surface area contributed by atoms with E-state index in [0.29, 0.717) is 44.3 Å². The first-order valence-electron chi connectivity index (χ1n) is 12.9. The van der Waals surface area contributed by atoms with Crippen LogP contribution in [0.5, 0.6) is 5.75 Å². The number of hydrogen-bond donors (Lipinski definition) is 2. The van der Waals surface area contributed by atoms with Gasteiger partial charge in [-0.2, -0.15) is 13.2 Å². The summed E-state index contributed by atoms with van der Waals surface area (Å²) >= 11 is 0. The molecule has 2 amide bonds. The smallest absolute Gasteiger partial charge is 0.471 e. The maximum Gasteiger partial charge on any atom is 0.471 e. The maximum atomic E-state index is 13.2. The highest BCUT2D eigenvalue weighted by atomic mass is 32.2. The Bertz CT molecular complexity index is 1160. The Hall–Kier alpha value is -2.76. The van der Waals surface area contributed by atoms with Gasteiger partial charge in [0.2, 0.25) is 0 Å². The van der Waals surface area contributed by atoms with Crippen LogP contribution in [0.3, 0.4) is 0 Å². The molecule has 39 heavy (non-hydrogen) atoms. The lowest BCUT2D eigenvalue weighted by atomic mass is 9.58. The van der Waals surface area contributed by atoms with Crippen molar-refractivity contribution in [2.24, 2.45) is 5.41 Å². The Labute approximate surface area is 227 Å². The van der Waals surface area contributed by atoms with Gasteiger partial charge in [-0.25, -0.2) is 13.2 Å². The zero-order chi connectivity index (χ0) is 29.1. The Morgan fingerprint density at radius 1 is 1.00 bits per heavy atom. The SMILES string of the molecule is C/C=C(\CNC(=O)OC(C)(C)C)COc1ccc(S(=O)(=O)CC23CCC(NC(=O)C(F)(F)F)(CC2)CC3)cc1. The summed E-state index contributed by atoms with van der Waals surface area (Å²) in [6, 6.07) is 6.10. The van der Waals surface area contributed by atoms with E-state index in [9.17, 15) is 31.2 Å². The number of carbonyl (C=O) groups excluding carboxylic acids is 2.